The van der Waals surface area contributed by atoms with Crippen molar-refractivity contribution in [2.24, 2.45) is 11.5 Å². The highest BCUT2D eigenvalue weighted by atomic mass is 16.1. The van der Waals surface area contributed by atoms with E-state index in [9.17, 15) is 4.79 Å². The van der Waals surface area contributed by atoms with Crippen molar-refractivity contribution in [1.82, 2.24) is 25.0 Å². The maximum Gasteiger partial charge on any atom is 0.273 e. The summed E-state index contributed by atoms with van der Waals surface area (Å²) in [6.07, 6.45) is 5.17. The van der Waals surface area contributed by atoms with E-state index in [0.717, 1.165) is 30.4 Å². The molecule has 1 amide bonds. The fourth-order valence-electron chi connectivity index (χ4n) is 3.44. The zero-order valence-electron chi connectivity index (χ0n) is 20.6. The Balaban J connectivity index is 1.62. The molecule has 0 spiro atoms. The molecule has 0 bridgehead atoms. The summed E-state index contributed by atoms with van der Waals surface area (Å²) in [5, 5.41) is 18.6. The Bertz CT molecular complexity index is 1210. The Kier molecular flexibility index (Phi) is 3.81. The second kappa shape index (κ2) is 8.00. The number of rotatable bonds is 6. The lowest BCUT2D eigenvalue weighted by Crippen LogP contribution is -2.43. The first-order valence-electron chi connectivity index (χ1n) is 11.8. The van der Waals surface area contributed by atoms with Gasteiger partial charge in [0.25, 0.3) is 5.91 Å². The van der Waals surface area contributed by atoms with Crippen molar-refractivity contribution in [3.63, 3.8) is 0 Å². The van der Waals surface area contributed by atoms with Crippen molar-refractivity contribution < 1.29 is 11.6 Å². The molecule has 2 aromatic heterocycles. The second-order valence-electron chi connectivity index (χ2n) is 6.98. The predicted octanol–water partition coefficient (Wildman–Crippen LogP) is 1.77. The molecule has 1 aliphatic rings. The molecule has 4 rings (SSSR count). The van der Waals surface area contributed by atoms with E-state index in [1.54, 1.807) is 18.2 Å². The van der Waals surface area contributed by atoms with Gasteiger partial charge in [-0.15, -0.1) is 10.2 Å². The van der Waals surface area contributed by atoms with Crippen molar-refractivity contribution >= 4 is 34.3 Å². The van der Waals surface area contributed by atoms with Gasteiger partial charge in [0.2, 0.25) is 5.95 Å². The highest BCUT2D eigenvalue weighted by molar-refractivity contribution is 5.96. The number of nitrogens with two attached hydrogens (primary N) is 2. The second-order valence-corrected chi connectivity index (χ2v) is 6.98. The largest absolute Gasteiger partial charge is 0.364 e. The Hall–Kier alpha value is -3.27. The molecule has 10 heteroatoms. The van der Waals surface area contributed by atoms with Crippen LogP contribution in [-0.2, 0) is 6.50 Å². The third kappa shape index (κ3) is 4.11. The highest BCUT2D eigenvalue weighted by Crippen LogP contribution is 2.24. The van der Waals surface area contributed by atoms with E-state index >= 15 is 0 Å². The molecule has 0 saturated heterocycles. The molecule has 0 unspecified atom stereocenters. The molecule has 2 heterocycles. The van der Waals surface area contributed by atoms with Crippen molar-refractivity contribution in [2.45, 2.75) is 51.1 Å². The van der Waals surface area contributed by atoms with Crippen LogP contribution in [0.4, 0.5) is 17.5 Å². The zero-order valence-corrected chi connectivity index (χ0v) is 15.6. The van der Waals surface area contributed by atoms with Crippen LogP contribution in [0.25, 0.3) is 10.9 Å². The fraction of sp³-hybridized carbons (Fsp3) is 0.421. The third-order valence-corrected chi connectivity index (χ3v) is 4.94. The van der Waals surface area contributed by atoms with Gasteiger partial charge in [-0.3, -0.25) is 9.48 Å². The van der Waals surface area contributed by atoms with Crippen molar-refractivity contribution in [3.8, 4) is 0 Å². The summed E-state index contributed by atoms with van der Waals surface area (Å²) < 4.78 is 38.9. The lowest BCUT2D eigenvalue weighted by Gasteiger charge is -2.29. The number of fused-ring (bicyclic) bond motifs is 1. The molecule has 10 nitrogen and oxygen atoms in total. The number of nitrogens with zero attached hydrogens (tertiary/aromatic N) is 5. The Morgan fingerprint density at radius 2 is 2.24 bits per heavy atom. The van der Waals surface area contributed by atoms with Gasteiger partial charge in [0.05, 0.1) is 8.26 Å². The summed E-state index contributed by atoms with van der Waals surface area (Å²) in [5.41, 5.74) is 12.3. The molecule has 29 heavy (non-hydrogen) atoms. The number of carbonyl (C=O) groups is 1. The van der Waals surface area contributed by atoms with Crippen LogP contribution in [-0.4, -0.2) is 43.0 Å². The number of benzene rings is 1. The van der Waals surface area contributed by atoms with E-state index in [1.807, 2.05) is 0 Å². The molecular weight excluding hydrogens is 370 g/mol. The summed E-state index contributed by atoms with van der Waals surface area (Å²) in [5.74, 6) is -0.531. The molecular formula is C19H25N9O. The van der Waals surface area contributed by atoms with Crippen LogP contribution in [0.3, 0.4) is 0 Å². The molecule has 0 radical (unpaired) electrons. The van der Waals surface area contributed by atoms with Gasteiger partial charge >= 0.3 is 0 Å². The SMILES string of the molecule is [2H]C([2H])([2H])C([2H])([2H])n1cc2cc(Nc3nc(N[C@H]4CCCC[C@@H]4N)nnc3C(N)=O)ccc2n1. The minimum Gasteiger partial charge on any atom is -0.364 e. The monoisotopic (exact) mass is 400 g/mol. The summed E-state index contributed by atoms with van der Waals surface area (Å²) >= 11 is 0. The molecule has 3 aromatic rings. The Labute approximate surface area is 175 Å². The average molecular weight is 401 g/mol. The van der Waals surface area contributed by atoms with Gasteiger partial charge in [0.1, 0.15) is 0 Å². The van der Waals surface area contributed by atoms with Gasteiger partial charge in [-0.05, 0) is 37.9 Å². The number of carbonyl (C=O) groups excluding carboxylic acids is 1. The van der Waals surface area contributed by atoms with Crippen LogP contribution in [0.5, 0.6) is 0 Å². The smallest absolute Gasteiger partial charge is 0.273 e. The fourth-order valence-corrected chi connectivity index (χ4v) is 3.44. The molecule has 1 fully saturated rings. The Morgan fingerprint density at radius 1 is 1.38 bits per heavy atom. The molecule has 2 atom stereocenters. The molecule has 152 valence electrons. The molecule has 1 aliphatic carbocycles. The molecule has 1 aromatic carbocycles. The van der Waals surface area contributed by atoms with E-state index in [0.29, 0.717) is 16.6 Å². The number of anilines is 3. The lowest BCUT2D eigenvalue weighted by atomic mass is 9.91. The first-order chi connectivity index (χ1) is 16.0. The van der Waals surface area contributed by atoms with Crippen LogP contribution in [0.2, 0.25) is 0 Å². The summed E-state index contributed by atoms with van der Waals surface area (Å²) in [4.78, 5) is 16.2. The van der Waals surface area contributed by atoms with Crippen LogP contribution in [0.1, 0.15) is 49.9 Å². The number of hydrogen-bond acceptors (Lipinski definition) is 8. The minimum atomic E-state index is -2.90. The maximum atomic E-state index is 11.9. The van der Waals surface area contributed by atoms with E-state index in [4.69, 9.17) is 18.3 Å². The van der Waals surface area contributed by atoms with Gasteiger partial charge < -0.3 is 22.1 Å². The van der Waals surface area contributed by atoms with E-state index in [1.165, 1.54) is 6.20 Å². The van der Waals surface area contributed by atoms with Crippen LogP contribution in [0, 0.1) is 0 Å². The van der Waals surface area contributed by atoms with E-state index in [2.05, 4.69) is 30.9 Å². The highest BCUT2D eigenvalue weighted by Gasteiger charge is 2.23. The van der Waals surface area contributed by atoms with Crippen molar-refractivity contribution in [3.05, 3.63) is 30.1 Å². The molecule has 6 N–H and O–H groups in total. The van der Waals surface area contributed by atoms with Gasteiger partial charge in [-0.2, -0.15) is 10.1 Å². The van der Waals surface area contributed by atoms with Gasteiger partial charge in [-0.25, -0.2) is 0 Å². The van der Waals surface area contributed by atoms with E-state index < -0.39 is 19.3 Å². The molecule has 0 aliphatic heterocycles. The topological polar surface area (TPSA) is 150 Å². The first kappa shape index (κ1) is 13.8. The first-order valence-corrected chi connectivity index (χ1v) is 9.29. The van der Waals surface area contributed by atoms with Crippen molar-refractivity contribution in [2.75, 3.05) is 10.6 Å². The van der Waals surface area contributed by atoms with Gasteiger partial charge in [-0.1, -0.05) is 12.8 Å². The number of aryl methyl sites for hydroxylation is 1. The summed E-state index contributed by atoms with van der Waals surface area (Å²) in [6.45, 7) is -5.58. The maximum absolute atomic E-state index is 11.9. The number of nitrogens with one attached hydrogen (secondary N) is 2. The van der Waals surface area contributed by atoms with Crippen LogP contribution >= 0.6 is 0 Å². The number of primary amides is 1. The normalized spacial score (nSPS) is 22.7. The third-order valence-electron chi connectivity index (χ3n) is 4.94. The molecule has 1 saturated carbocycles. The number of hydrogen-bond donors (Lipinski definition) is 4. The average Bonchev–Trinajstić information content (AvgIpc) is 3.19. The van der Waals surface area contributed by atoms with Crippen LogP contribution < -0.4 is 22.1 Å². The minimum absolute atomic E-state index is 0.0155. The lowest BCUT2D eigenvalue weighted by molar-refractivity contribution is 0.0995. The zero-order chi connectivity index (χ0) is 24.7. The summed E-state index contributed by atoms with van der Waals surface area (Å²) in [7, 11) is 0. The predicted molar refractivity (Wildman–Crippen MR) is 111 cm³/mol. The van der Waals surface area contributed by atoms with Crippen LogP contribution in [0.15, 0.2) is 24.4 Å². The van der Waals surface area contributed by atoms with Crippen molar-refractivity contribution in [1.29, 1.82) is 0 Å². The standard InChI is InChI=1S/C19H25N9O/c1-2-28-10-11-9-12(7-8-14(11)27-28)22-18-16(17(21)29)25-26-19(24-18)23-15-6-4-3-5-13(15)20/h7-10,13,15H,2-6,20H2,1H3,(H2,21,29)(H2,22,23,24,26)/t13-,15-/m0/s1/i1D3,2D2. The summed E-state index contributed by atoms with van der Waals surface area (Å²) in [6, 6.07) is 4.77. The number of amides is 1. The number of aromatic nitrogens is 5. The van der Waals surface area contributed by atoms with Gasteiger partial charge in [0, 0.05) is 40.0 Å². The Morgan fingerprint density at radius 3 is 3.03 bits per heavy atom. The van der Waals surface area contributed by atoms with E-state index in [-0.39, 0.29) is 29.5 Å². The van der Waals surface area contributed by atoms with Gasteiger partial charge in [0.15, 0.2) is 11.5 Å². The quantitative estimate of drug-likeness (QED) is 0.489.